The van der Waals surface area contributed by atoms with E-state index in [-0.39, 0.29) is 5.38 Å². The van der Waals surface area contributed by atoms with Crippen LogP contribution in [0.15, 0.2) is 27.4 Å². The fourth-order valence-electron chi connectivity index (χ4n) is 1.78. The molecule has 1 heterocycles. The molecule has 0 saturated heterocycles. The number of oxazole rings is 1. The minimum absolute atomic E-state index is 0.0698. The second-order valence-corrected chi connectivity index (χ2v) is 5.25. The molecule has 0 saturated carbocycles. The Morgan fingerprint density at radius 1 is 1.29 bits per heavy atom. The van der Waals surface area contributed by atoms with Crippen molar-refractivity contribution in [1.29, 1.82) is 0 Å². The number of alkyl halides is 1. The molecule has 1 aromatic carbocycles. The van der Waals surface area contributed by atoms with Crippen LogP contribution in [0.2, 0.25) is 0 Å². The molecule has 0 fully saturated rings. The van der Waals surface area contributed by atoms with Crippen LogP contribution in [0.5, 0.6) is 0 Å². The van der Waals surface area contributed by atoms with Gasteiger partial charge in [-0.15, -0.1) is 11.6 Å². The van der Waals surface area contributed by atoms with Gasteiger partial charge in [-0.1, -0.05) is 26.8 Å². The van der Waals surface area contributed by atoms with Crippen molar-refractivity contribution in [3.8, 4) is 0 Å². The third-order valence-electron chi connectivity index (χ3n) is 3.28. The summed E-state index contributed by atoms with van der Waals surface area (Å²) in [5, 5.41) is -0.0698. The van der Waals surface area contributed by atoms with E-state index in [1.807, 2.05) is 18.2 Å². The first-order chi connectivity index (χ1) is 7.99. The van der Waals surface area contributed by atoms with Crippen LogP contribution >= 0.6 is 11.6 Å². The van der Waals surface area contributed by atoms with Gasteiger partial charge in [0.15, 0.2) is 5.58 Å². The molecule has 4 heteroatoms. The van der Waals surface area contributed by atoms with Gasteiger partial charge in [-0.25, -0.2) is 4.79 Å². The van der Waals surface area contributed by atoms with Crippen LogP contribution in [0.25, 0.3) is 11.1 Å². The van der Waals surface area contributed by atoms with Crippen molar-refractivity contribution < 1.29 is 4.42 Å². The lowest BCUT2D eigenvalue weighted by Gasteiger charge is -2.21. The minimum atomic E-state index is -0.430. The van der Waals surface area contributed by atoms with Crippen molar-refractivity contribution in [2.45, 2.75) is 26.1 Å². The quantitative estimate of drug-likeness (QED) is 0.848. The first-order valence-electron chi connectivity index (χ1n) is 5.76. The molecular weight excluding hydrogens is 238 g/mol. The second kappa shape index (κ2) is 4.57. The molecule has 2 unspecified atom stereocenters. The van der Waals surface area contributed by atoms with E-state index in [1.165, 1.54) is 0 Å². The molecule has 0 bridgehead atoms. The molecule has 0 aliphatic rings. The van der Waals surface area contributed by atoms with Crippen LogP contribution in [-0.2, 0) is 0 Å². The smallest absolute Gasteiger partial charge is 0.408 e. The molecule has 0 radical (unpaired) electrons. The molecule has 1 aromatic heterocycles. The fraction of sp³-hybridized carbons (Fsp3) is 0.462. The van der Waals surface area contributed by atoms with Crippen molar-refractivity contribution >= 4 is 22.7 Å². The summed E-state index contributed by atoms with van der Waals surface area (Å²) in [5.41, 5.74) is 2.26. The highest BCUT2D eigenvalue weighted by atomic mass is 35.5. The normalized spacial score (nSPS) is 15.4. The average Bonchev–Trinajstić information content (AvgIpc) is 2.65. The third-order valence-corrected chi connectivity index (χ3v) is 3.93. The van der Waals surface area contributed by atoms with Gasteiger partial charge in [0.1, 0.15) is 0 Å². The van der Waals surface area contributed by atoms with E-state index in [0.717, 1.165) is 5.56 Å². The Labute approximate surface area is 105 Å². The van der Waals surface area contributed by atoms with Gasteiger partial charge in [-0.05, 0) is 29.5 Å². The second-order valence-electron chi connectivity index (χ2n) is 4.78. The van der Waals surface area contributed by atoms with Gasteiger partial charge in [-0.3, -0.25) is 4.98 Å². The molecule has 0 spiro atoms. The number of benzene rings is 1. The summed E-state index contributed by atoms with van der Waals surface area (Å²) < 4.78 is 5.03. The van der Waals surface area contributed by atoms with E-state index in [9.17, 15) is 4.79 Å². The summed E-state index contributed by atoms with van der Waals surface area (Å²) in [6, 6.07) is 5.60. The maximum Gasteiger partial charge on any atom is 0.417 e. The summed E-state index contributed by atoms with van der Waals surface area (Å²) in [7, 11) is 0. The van der Waals surface area contributed by atoms with Crippen molar-refractivity contribution in [2.75, 3.05) is 0 Å². The van der Waals surface area contributed by atoms with Gasteiger partial charge in [-0.2, -0.15) is 0 Å². The lowest BCUT2D eigenvalue weighted by Crippen LogP contribution is -2.10. The summed E-state index contributed by atoms with van der Waals surface area (Å²) in [5.74, 6) is 0.436. The Kier molecular flexibility index (Phi) is 3.29. The summed E-state index contributed by atoms with van der Waals surface area (Å²) in [4.78, 5) is 13.7. The van der Waals surface area contributed by atoms with Crippen LogP contribution in [0, 0.1) is 11.8 Å². The Hall–Kier alpha value is -1.22. The number of aromatic amines is 1. The molecule has 92 valence electrons. The van der Waals surface area contributed by atoms with Crippen molar-refractivity contribution in [1.82, 2.24) is 4.98 Å². The van der Waals surface area contributed by atoms with Gasteiger partial charge < -0.3 is 4.42 Å². The maximum absolute atomic E-state index is 11.1. The van der Waals surface area contributed by atoms with E-state index in [0.29, 0.717) is 22.9 Å². The molecule has 2 aromatic rings. The Bertz CT molecular complexity index is 570. The van der Waals surface area contributed by atoms with Crippen molar-refractivity contribution in [3.05, 3.63) is 34.3 Å². The van der Waals surface area contributed by atoms with Crippen LogP contribution in [0.1, 0.15) is 31.7 Å². The van der Waals surface area contributed by atoms with E-state index in [4.69, 9.17) is 16.0 Å². The number of hydrogen-bond acceptors (Lipinski definition) is 2. The van der Waals surface area contributed by atoms with Crippen molar-refractivity contribution in [3.63, 3.8) is 0 Å². The fourth-order valence-corrected chi connectivity index (χ4v) is 2.20. The van der Waals surface area contributed by atoms with Crippen LogP contribution in [0.4, 0.5) is 0 Å². The highest BCUT2D eigenvalue weighted by molar-refractivity contribution is 6.21. The lowest BCUT2D eigenvalue weighted by molar-refractivity contribution is 0.406. The molecule has 1 N–H and O–H groups in total. The lowest BCUT2D eigenvalue weighted by atomic mass is 9.90. The number of hydrogen-bond donors (Lipinski definition) is 1. The molecule has 0 aliphatic carbocycles. The Morgan fingerprint density at radius 2 is 2.00 bits per heavy atom. The van der Waals surface area contributed by atoms with Crippen LogP contribution in [-0.4, -0.2) is 4.98 Å². The van der Waals surface area contributed by atoms with Gasteiger partial charge in [0.05, 0.1) is 10.9 Å². The van der Waals surface area contributed by atoms with Crippen molar-refractivity contribution in [2.24, 2.45) is 11.8 Å². The molecule has 3 nitrogen and oxygen atoms in total. The zero-order chi connectivity index (χ0) is 12.6. The number of halogens is 1. The number of fused-ring (bicyclic) bond motifs is 1. The number of rotatable bonds is 3. The standard InChI is InChI=1S/C13H16ClNO2/c1-7(2)8(3)12(14)9-4-5-10-11(6-9)17-13(16)15-10/h4-8,12H,1-3H3,(H,15,16). The highest BCUT2D eigenvalue weighted by Crippen LogP contribution is 2.34. The summed E-state index contributed by atoms with van der Waals surface area (Å²) >= 11 is 6.43. The minimum Gasteiger partial charge on any atom is -0.408 e. The molecule has 17 heavy (non-hydrogen) atoms. The Morgan fingerprint density at radius 3 is 2.65 bits per heavy atom. The molecule has 2 rings (SSSR count). The van der Waals surface area contributed by atoms with E-state index >= 15 is 0 Å². The summed E-state index contributed by atoms with van der Waals surface area (Å²) in [6.07, 6.45) is 0. The van der Waals surface area contributed by atoms with Crippen LogP contribution in [0.3, 0.4) is 0 Å². The largest absolute Gasteiger partial charge is 0.417 e. The third kappa shape index (κ3) is 2.39. The topological polar surface area (TPSA) is 46.0 Å². The number of aromatic nitrogens is 1. The average molecular weight is 254 g/mol. The summed E-state index contributed by atoms with van der Waals surface area (Å²) in [6.45, 7) is 6.42. The molecule has 2 atom stereocenters. The first-order valence-corrected chi connectivity index (χ1v) is 6.19. The highest BCUT2D eigenvalue weighted by Gasteiger charge is 2.20. The molecule has 0 amide bonds. The van der Waals surface area contributed by atoms with Gasteiger partial charge >= 0.3 is 5.76 Å². The van der Waals surface area contributed by atoms with Gasteiger partial charge in [0.2, 0.25) is 0 Å². The predicted molar refractivity (Wildman–Crippen MR) is 69.4 cm³/mol. The monoisotopic (exact) mass is 253 g/mol. The SMILES string of the molecule is CC(C)C(C)C(Cl)c1ccc2[nH]c(=O)oc2c1. The van der Waals surface area contributed by atoms with Gasteiger partial charge in [0, 0.05) is 0 Å². The van der Waals surface area contributed by atoms with E-state index in [1.54, 1.807) is 0 Å². The number of nitrogens with one attached hydrogen (secondary N) is 1. The molecular formula is C13H16ClNO2. The number of H-pyrrole nitrogens is 1. The van der Waals surface area contributed by atoms with E-state index in [2.05, 4.69) is 25.8 Å². The predicted octanol–water partition coefficient (Wildman–Crippen LogP) is 3.69. The zero-order valence-electron chi connectivity index (χ0n) is 10.2. The Balaban J connectivity index is 2.38. The molecule has 0 aliphatic heterocycles. The zero-order valence-corrected chi connectivity index (χ0v) is 10.9. The van der Waals surface area contributed by atoms with E-state index < -0.39 is 5.76 Å². The first kappa shape index (κ1) is 12.2. The maximum atomic E-state index is 11.1. The van der Waals surface area contributed by atoms with Crippen LogP contribution < -0.4 is 5.76 Å². The van der Waals surface area contributed by atoms with Gasteiger partial charge in [0.25, 0.3) is 0 Å².